The Morgan fingerprint density at radius 1 is 1.21 bits per heavy atom. The Balaban J connectivity index is 1.55. The van der Waals surface area contributed by atoms with E-state index in [0.717, 1.165) is 0 Å². The molecule has 1 saturated heterocycles. The van der Waals surface area contributed by atoms with Crippen molar-refractivity contribution < 1.29 is 22.1 Å². The van der Waals surface area contributed by atoms with E-state index in [1.807, 2.05) is 0 Å². The van der Waals surface area contributed by atoms with Crippen LogP contribution in [0.3, 0.4) is 0 Å². The molecule has 1 aliphatic rings. The highest BCUT2D eigenvalue weighted by Gasteiger charge is 2.37. The number of nitrogens with one attached hydrogen (secondary N) is 1. The molecule has 0 unspecified atom stereocenters. The minimum atomic E-state index is -4.02. The average molecular weight is 504 g/mol. The summed E-state index contributed by atoms with van der Waals surface area (Å²) in [6, 6.07) is 13.0. The number of aryl methyl sites for hydroxylation is 1. The maximum atomic E-state index is 14.0. The highest BCUT2D eigenvalue weighted by molar-refractivity contribution is 7.89. The summed E-state index contributed by atoms with van der Waals surface area (Å²) in [5, 5.41) is 7.00. The summed E-state index contributed by atoms with van der Waals surface area (Å²) in [4.78, 5) is 12.7. The summed E-state index contributed by atoms with van der Waals surface area (Å²) in [6.45, 7) is 1.81. The second kappa shape index (κ2) is 10.1. The zero-order valence-corrected chi connectivity index (χ0v) is 19.9. The molecule has 1 amide bonds. The number of carbonyl (C=O) groups is 1. The summed E-state index contributed by atoms with van der Waals surface area (Å²) >= 11 is 6.13. The van der Waals surface area contributed by atoms with E-state index in [-0.39, 0.29) is 40.9 Å². The first-order valence-electron chi connectivity index (χ1n) is 10.7. The number of nitrogens with zero attached hydrogens (tertiary/aromatic N) is 2. The number of amides is 1. The van der Waals surface area contributed by atoms with Gasteiger partial charge >= 0.3 is 0 Å². The van der Waals surface area contributed by atoms with Gasteiger partial charge in [0, 0.05) is 18.7 Å². The van der Waals surface area contributed by atoms with Crippen molar-refractivity contribution >= 4 is 45.4 Å². The van der Waals surface area contributed by atoms with Crippen LogP contribution in [0.1, 0.15) is 29.9 Å². The maximum absolute atomic E-state index is 14.0. The molecule has 7 nitrogen and oxygen atoms in total. The van der Waals surface area contributed by atoms with Gasteiger partial charge in [-0.25, -0.2) is 12.8 Å². The van der Waals surface area contributed by atoms with E-state index in [2.05, 4.69) is 10.5 Å². The van der Waals surface area contributed by atoms with Gasteiger partial charge < -0.3 is 9.84 Å². The number of carbonyl (C=O) groups excluding carboxylic acids is 1. The molecule has 34 heavy (non-hydrogen) atoms. The van der Waals surface area contributed by atoms with Crippen molar-refractivity contribution in [3.63, 3.8) is 0 Å². The van der Waals surface area contributed by atoms with Crippen LogP contribution in [0, 0.1) is 18.7 Å². The fourth-order valence-electron chi connectivity index (χ4n) is 3.88. The molecule has 2 heterocycles. The van der Waals surface area contributed by atoms with Crippen molar-refractivity contribution in [2.45, 2.75) is 24.7 Å². The lowest BCUT2D eigenvalue weighted by molar-refractivity contribution is -0.120. The third-order valence-corrected chi connectivity index (χ3v) is 7.99. The van der Waals surface area contributed by atoms with Crippen molar-refractivity contribution in [1.82, 2.24) is 9.46 Å². The third kappa shape index (κ3) is 5.06. The second-order valence-electron chi connectivity index (χ2n) is 7.99. The fourth-order valence-corrected chi connectivity index (χ4v) is 5.83. The summed E-state index contributed by atoms with van der Waals surface area (Å²) < 4.78 is 47.5. The van der Waals surface area contributed by atoms with Gasteiger partial charge in [-0.15, -0.1) is 0 Å². The van der Waals surface area contributed by atoms with Crippen LogP contribution in [-0.4, -0.2) is 36.9 Å². The molecule has 1 atom stereocenters. The van der Waals surface area contributed by atoms with Crippen molar-refractivity contribution in [2.24, 2.45) is 5.92 Å². The number of hydrogen-bond donors (Lipinski definition) is 1. The van der Waals surface area contributed by atoms with E-state index in [1.165, 1.54) is 29.4 Å². The third-order valence-electron chi connectivity index (χ3n) is 5.64. The molecule has 178 valence electrons. The standard InChI is InChI=1S/C24H23ClFN3O4S/c1-16-23(22(33-28-16)13-12-17-7-2-4-10-20(17)26)34(31,32)29-14-6-8-18(15-29)24(30)27-21-11-5-3-9-19(21)25/h2-5,7,9-13,18H,6,8,14-15H2,1H3,(H,27,30)/b13-12+/t18-/m0/s1. The molecule has 3 aromatic rings. The number of hydrogen-bond acceptors (Lipinski definition) is 5. The molecular weight excluding hydrogens is 481 g/mol. The average Bonchev–Trinajstić information content (AvgIpc) is 3.21. The smallest absolute Gasteiger partial charge is 0.248 e. The Morgan fingerprint density at radius 3 is 2.71 bits per heavy atom. The second-order valence-corrected chi connectivity index (χ2v) is 10.3. The number of anilines is 1. The highest BCUT2D eigenvalue weighted by Crippen LogP contribution is 2.30. The van der Waals surface area contributed by atoms with Crippen LogP contribution in [0.25, 0.3) is 12.2 Å². The topological polar surface area (TPSA) is 92.5 Å². The molecule has 1 aromatic heterocycles. The highest BCUT2D eigenvalue weighted by atomic mass is 35.5. The Morgan fingerprint density at radius 2 is 1.94 bits per heavy atom. The Hall–Kier alpha value is -3.01. The zero-order chi connectivity index (χ0) is 24.3. The van der Waals surface area contributed by atoms with Crippen LogP contribution in [0.5, 0.6) is 0 Å². The van der Waals surface area contributed by atoms with E-state index >= 15 is 0 Å². The van der Waals surface area contributed by atoms with E-state index in [0.29, 0.717) is 23.6 Å². The molecule has 2 aromatic carbocycles. The van der Waals surface area contributed by atoms with Crippen molar-refractivity contribution in [3.05, 3.63) is 76.4 Å². The van der Waals surface area contributed by atoms with Crippen LogP contribution in [0.2, 0.25) is 5.02 Å². The number of benzene rings is 2. The van der Waals surface area contributed by atoms with E-state index in [4.69, 9.17) is 16.1 Å². The summed E-state index contributed by atoms with van der Waals surface area (Å²) in [5.74, 6) is -1.28. The summed E-state index contributed by atoms with van der Waals surface area (Å²) in [6.07, 6.45) is 3.89. The van der Waals surface area contributed by atoms with Gasteiger partial charge in [-0.2, -0.15) is 4.31 Å². The molecule has 0 aliphatic carbocycles. The number of sulfonamides is 1. The molecule has 4 rings (SSSR count). The zero-order valence-electron chi connectivity index (χ0n) is 18.4. The van der Waals surface area contributed by atoms with Crippen molar-refractivity contribution in [2.75, 3.05) is 18.4 Å². The molecule has 0 bridgehead atoms. The molecule has 0 spiro atoms. The molecule has 0 radical (unpaired) electrons. The lowest BCUT2D eigenvalue weighted by atomic mass is 9.99. The van der Waals surface area contributed by atoms with Gasteiger partial charge in [0.05, 0.1) is 16.6 Å². The van der Waals surface area contributed by atoms with Gasteiger partial charge in [-0.05, 0) is 50.1 Å². The maximum Gasteiger partial charge on any atom is 0.248 e. The monoisotopic (exact) mass is 503 g/mol. The number of aromatic nitrogens is 1. The van der Waals surface area contributed by atoms with Gasteiger partial charge in [0.1, 0.15) is 11.5 Å². The first-order valence-corrected chi connectivity index (χ1v) is 12.5. The Bertz CT molecular complexity index is 1340. The Labute approximate surface area is 202 Å². The van der Waals surface area contributed by atoms with E-state index in [1.54, 1.807) is 42.5 Å². The van der Waals surface area contributed by atoms with Crippen LogP contribution in [-0.2, 0) is 14.8 Å². The van der Waals surface area contributed by atoms with Crippen molar-refractivity contribution in [1.29, 1.82) is 0 Å². The summed E-state index contributed by atoms with van der Waals surface area (Å²) in [7, 11) is -4.02. The van der Waals surface area contributed by atoms with Crippen LogP contribution in [0.15, 0.2) is 57.9 Å². The number of rotatable bonds is 6. The molecule has 1 N–H and O–H groups in total. The predicted molar refractivity (Wildman–Crippen MR) is 128 cm³/mol. The van der Waals surface area contributed by atoms with Crippen molar-refractivity contribution in [3.8, 4) is 0 Å². The lowest BCUT2D eigenvalue weighted by Gasteiger charge is -2.31. The fraction of sp³-hybridized carbons (Fsp3) is 0.250. The van der Waals surface area contributed by atoms with Gasteiger partial charge in [0.2, 0.25) is 15.9 Å². The molecule has 1 aliphatic heterocycles. The first kappa shape index (κ1) is 24.1. The normalized spacial score (nSPS) is 17.2. The lowest BCUT2D eigenvalue weighted by Crippen LogP contribution is -2.43. The first-order chi connectivity index (χ1) is 16.3. The van der Waals surface area contributed by atoms with Crippen LogP contribution < -0.4 is 5.32 Å². The molecule has 0 saturated carbocycles. The minimum Gasteiger partial charge on any atom is -0.355 e. The van der Waals surface area contributed by atoms with Crippen LogP contribution in [0.4, 0.5) is 10.1 Å². The summed E-state index contributed by atoms with van der Waals surface area (Å²) in [5.41, 5.74) is 0.953. The minimum absolute atomic E-state index is 0.00314. The quantitative estimate of drug-likeness (QED) is 0.512. The largest absolute Gasteiger partial charge is 0.355 e. The number of piperidine rings is 1. The molecule has 1 fully saturated rings. The van der Waals surface area contributed by atoms with Gasteiger partial charge in [0.25, 0.3) is 0 Å². The van der Waals surface area contributed by atoms with Gasteiger partial charge in [-0.3, -0.25) is 4.79 Å². The number of halogens is 2. The van der Waals surface area contributed by atoms with E-state index in [9.17, 15) is 17.6 Å². The SMILES string of the molecule is Cc1noc(/C=C/c2ccccc2F)c1S(=O)(=O)N1CCC[C@H](C(=O)Nc2ccccc2Cl)C1. The number of para-hydroxylation sites is 1. The predicted octanol–water partition coefficient (Wildman–Crippen LogP) is 4.99. The molecule has 10 heteroatoms. The van der Waals surface area contributed by atoms with Gasteiger partial charge in [0.15, 0.2) is 10.7 Å². The Kier molecular flexibility index (Phi) is 7.16. The van der Waals surface area contributed by atoms with Crippen LogP contribution >= 0.6 is 11.6 Å². The van der Waals surface area contributed by atoms with E-state index < -0.39 is 21.8 Å². The molecular formula is C24H23ClFN3O4S. The van der Waals surface area contributed by atoms with Gasteiger partial charge in [-0.1, -0.05) is 47.1 Å².